The highest BCUT2D eigenvalue weighted by atomic mass is 16.5. The van der Waals surface area contributed by atoms with Crippen LogP contribution in [0.3, 0.4) is 0 Å². The van der Waals surface area contributed by atoms with Crippen molar-refractivity contribution in [2.45, 2.75) is 50.5 Å². The molecule has 6 nitrogen and oxygen atoms in total. The van der Waals surface area contributed by atoms with Crippen molar-refractivity contribution in [1.82, 2.24) is 14.9 Å². The number of anilines is 1. The van der Waals surface area contributed by atoms with Crippen LogP contribution in [0.15, 0.2) is 6.07 Å². The monoisotopic (exact) mass is 320 g/mol. The molecule has 23 heavy (non-hydrogen) atoms. The molecule has 1 saturated carbocycles. The van der Waals surface area contributed by atoms with Crippen LogP contribution in [-0.4, -0.2) is 54.3 Å². The summed E-state index contributed by atoms with van der Waals surface area (Å²) < 4.78 is 10.5. The van der Waals surface area contributed by atoms with Crippen LogP contribution in [0.25, 0.3) is 0 Å². The Morgan fingerprint density at radius 2 is 1.61 bits per heavy atom. The molecule has 0 aromatic carbocycles. The molecular weight excluding hydrogens is 292 g/mol. The van der Waals surface area contributed by atoms with Gasteiger partial charge in [0.1, 0.15) is 0 Å². The van der Waals surface area contributed by atoms with E-state index in [1.54, 1.807) is 20.3 Å². The maximum atomic E-state index is 5.23. The number of hydrogen-bond donors (Lipinski definition) is 1. The van der Waals surface area contributed by atoms with Crippen molar-refractivity contribution in [2.75, 3.05) is 39.2 Å². The zero-order chi connectivity index (χ0) is 16.1. The number of ether oxygens (including phenoxy) is 2. The molecule has 6 heteroatoms. The van der Waals surface area contributed by atoms with Gasteiger partial charge in [0.05, 0.1) is 20.3 Å². The minimum absolute atomic E-state index is 0.264. The number of methoxy groups -OCH3 is 2. The number of likely N-dealkylation sites (tertiary alicyclic amines) is 1. The van der Waals surface area contributed by atoms with Gasteiger partial charge in [0.15, 0.2) is 0 Å². The number of nitrogens with one attached hydrogen (secondary N) is 1. The fraction of sp³-hybridized carbons (Fsp3) is 0.765. The molecule has 1 N–H and O–H groups in total. The summed E-state index contributed by atoms with van der Waals surface area (Å²) in [5.41, 5.74) is 0.264. The second kappa shape index (κ2) is 7.34. The Balaban J connectivity index is 1.71. The van der Waals surface area contributed by atoms with Gasteiger partial charge in [-0.3, -0.25) is 4.90 Å². The molecule has 0 radical (unpaired) electrons. The molecule has 1 aromatic rings. The van der Waals surface area contributed by atoms with Crippen LogP contribution in [0.2, 0.25) is 0 Å². The van der Waals surface area contributed by atoms with E-state index in [1.165, 1.54) is 58.0 Å². The lowest BCUT2D eigenvalue weighted by Gasteiger charge is -2.43. The Kier molecular flexibility index (Phi) is 5.20. The van der Waals surface area contributed by atoms with Gasteiger partial charge in [-0.05, 0) is 38.8 Å². The van der Waals surface area contributed by atoms with E-state index in [-0.39, 0.29) is 5.54 Å². The van der Waals surface area contributed by atoms with Crippen LogP contribution in [-0.2, 0) is 0 Å². The molecule has 3 rings (SSSR count). The first-order chi connectivity index (χ1) is 11.3. The number of nitrogens with zero attached hydrogens (tertiary/aromatic N) is 3. The van der Waals surface area contributed by atoms with Gasteiger partial charge in [0.2, 0.25) is 17.7 Å². The zero-order valence-electron chi connectivity index (χ0n) is 14.3. The molecule has 2 aliphatic rings. The van der Waals surface area contributed by atoms with Crippen molar-refractivity contribution in [3.63, 3.8) is 0 Å². The summed E-state index contributed by atoms with van der Waals surface area (Å²) in [5, 5.41) is 3.45. The van der Waals surface area contributed by atoms with Gasteiger partial charge in [-0.2, -0.15) is 9.97 Å². The van der Waals surface area contributed by atoms with E-state index in [9.17, 15) is 0 Å². The number of piperidine rings is 1. The summed E-state index contributed by atoms with van der Waals surface area (Å²) >= 11 is 0. The topological polar surface area (TPSA) is 59.5 Å². The number of rotatable bonds is 6. The molecule has 0 bridgehead atoms. The van der Waals surface area contributed by atoms with Crippen LogP contribution in [0, 0.1) is 0 Å². The first kappa shape index (κ1) is 16.3. The van der Waals surface area contributed by atoms with Gasteiger partial charge in [0, 0.05) is 12.1 Å². The van der Waals surface area contributed by atoms with Crippen LogP contribution in [0.4, 0.5) is 5.95 Å². The maximum Gasteiger partial charge on any atom is 0.229 e. The van der Waals surface area contributed by atoms with E-state index in [0.29, 0.717) is 17.7 Å². The maximum absolute atomic E-state index is 5.23. The molecule has 0 unspecified atom stereocenters. The first-order valence-corrected chi connectivity index (χ1v) is 8.72. The third-order valence-electron chi connectivity index (χ3n) is 5.23. The molecule has 1 aromatic heterocycles. The summed E-state index contributed by atoms with van der Waals surface area (Å²) in [6, 6.07) is 1.70. The highest BCUT2D eigenvalue weighted by Crippen LogP contribution is 2.37. The largest absolute Gasteiger partial charge is 0.481 e. The minimum Gasteiger partial charge on any atom is -0.481 e. The van der Waals surface area contributed by atoms with Crippen LogP contribution >= 0.6 is 0 Å². The number of hydrogen-bond acceptors (Lipinski definition) is 6. The van der Waals surface area contributed by atoms with Crippen LogP contribution in [0.1, 0.15) is 44.9 Å². The second-order valence-corrected chi connectivity index (χ2v) is 6.61. The third kappa shape index (κ3) is 3.68. The van der Waals surface area contributed by atoms with Crippen LogP contribution < -0.4 is 14.8 Å². The highest BCUT2D eigenvalue weighted by Gasteiger charge is 2.39. The van der Waals surface area contributed by atoms with Gasteiger partial charge in [0.25, 0.3) is 0 Å². The SMILES string of the molecule is COc1cc(OC)nc(NCC2(N3CCCCC3)CCCC2)n1. The lowest BCUT2D eigenvalue weighted by atomic mass is 9.92. The Bertz CT molecular complexity index is 489. The van der Waals surface area contributed by atoms with Gasteiger partial charge < -0.3 is 14.8 Å². The molecule has 1 saturated heterocycles. The van der Waals surface area contributed by atoms with Crippen molar-refractivity contribution < 1.29 is 9.47 Å². The molecule has 2 fully saturated rings. The minimum atomic E-state index is 0.264. The van der Waals surface area contributed by atoms with Gasteiger partial charge in [-0.1, -0.05) is 19.3 Å². The fourth-order valence-corrected chi connectivity index (χ4v) is 3.94. The van der Waals surface area contributed by atoms with E-state index in [2.05, 4.69) is 20.2 Å². The van der Waals surface area contributed by atoms with Crippen LogP contribution in [0.5, 0.6) is 11.8 Å². The van der Waals surface area contributed by atoms with E-state index >= 15 is 0 Å². The Hall–Kier alpha value is -1.56. The lowest BCUT2D eigenvalue weighted by Crippen LogP contribution is -2.53. The van der Waals surface area contributed by atoms with Gasteiger partial charge in [-0.15, -0.1) is 0 Å². The molecule has 0 atom stereocenters. The van der Waals surface area contributed by atoms with E-state index in [4.69, 9.17) is 9.47 Å². The second-order valence-electron chi connectivity index (χ2n) is 6.61. The summed E-state index contributed by atoms with van der Waals surface area (Å²) in [6.45, 7) is 3.34. The molecule has 128 valence electrons. The first-order valence-electron chi connectivity index (χ1n) is 8.72. The summed E-state index contributed by atoms with van der Waals surface area (Å²) in [4.78, 5) is 11.5. The van der Waals surface area contributed by atoms with E-state index < -0.39 is 0 Å². The van der Waals surface area contributed by atoms with Crippen molar-refractivity contribution in [2.24, 2.45) is 0 Å². The van der Waals surface area contributed by atoms with Gasteiger partial charge >= 0.3 is 0 Å². The molecule has 1 aliphatic heterocycles. The van der Waals surface area contributed by atoms with Crippen molar-refractivity contribution in [3.8, 4) is 11.8 Å². The van der Waals surface area contributed by atoms with Crippen molar-refractivity contribution in [3.05, 3.63) is 6.07 Å². The summed E-state index contributed by atoms with van der Waals surface area (Å²) in [5.74, 6) is 1.64. The Morgan fingerprint density at radius 1 is 1.00 bits per heavy atom. The Labute approximate surface area is 138 Å². The summed E-state index contributed by atoms with van der Waals surface area (Å²) in [6.07, 6.45) is 9.19. The average Bonchev–Trinajstić information content (AvgIpc) is 3.10. The standard InChI is InChI=1S/C17H28N4O2/c1-22-14-12-15(23-2)20-16(19-14)18-13-17(8-4-5-9-17)21-10-6-3-7-11-21/h12H,3-11,13H2,1-2H3,(H,18,19,20). The Morgan fingerprint density at radius 3 is 2.17 bits per heavy atom. The summed E-state index contributed by atoms with van der Waals surface area (Å²) in [7, 11) is 3.22. The molecule has 2 heterocycles. The third-order valence-corrected chi connectivity index (χ3v) is 5.23. The molecule has 0 spiro atoms. The molecular formula is C17H28N4O2. The lowest BCUT2D eigenvalue weighted by molar-refractivity contribution is 0.0807. The van der Waals surface area contributed by atoms with Gasteiger partial charge in [-0.25, -0.2) is 0 Å². The van der Waals surface area contributed by atoms with Crippen molar-refractivity contribution >= 4 is 5.95 Å². The molecule has 1 aliphatic carbocycles. The van der Waals surface area contributed by atoms with E-state index in [0.717, 1.165) is 6.54 Å². The quantitative estimate of drug-likeness (QED) is 0.869. The van der Waals surface area contributed by atoms with Crippen molar-refractivity contribution in [1.29, 1.82) is 0 Å². The van der Waals surface area contributed by atoms with E-state index in [1.807, 2.05) is 0 Å². The zero-order valence-corrected chi connectivity index (χ0v) is 14.3. The average molecular weight is 320 g/mol. The smallest absolute Gasteiger partial charge is 0.229 e. The predicted octanol–water partition coefficient (Wildman–Crippen LogP) is 2.70. The highest BCUT2D eigenvalue weighted by molar-refractivity contribution is 5.34. The molecule has 0 amide bonds. The predicted molar refractivity (Wildman–Crippen MR) is 90.2 cm³/mol. The number of aromatic nitrogens is 2. The fourth-order valence-electron chi connectivity index (χ4n) is 3.94. The normalized spacial score (nSPS) is 21.1.